The molecule has 1 aliphatic rings. The van der Waals surface area contributed by atoms with E-state index in [4.69, 9.17) is 9.15 Å². The smallest absolute Gasteiger partial charge is 0.119 e. The highest BCUT2D eigenvalue weighted by molar-refractivity contribution is 5.33. The van der Waals surface area contributed by atoms with Gasteiger partial charge < -0.3 is 14.5 Å². The Morgan fingerprint density at radius 2 is 2.00 bits per heavy atom. The van der Waals surface area contributed by atoms with Gasteiger partial charge >= 0.3 is 0 Å². The Bertz CT molecular complexity index is 617. The van der Waals surface area contributed by atoms with E-state index in [0.29, 0.717) is 6.04 Å². The predicted molar refractivity (Wildman–Crippen MR) is 96.4 cm³/mol. The first kappa shape index (κ1) is 17.1. The van der Waals surface area contributed by atoms with Gasteiger partial charge in [-0.25, -0.2) is 0 Å². The fourth-order valence-electron chi connectivity index (χ4n) is 3.15. The van der Waals surface area contributed by atoms with Gasteiger partial charge in [0, 0.05) is 25.7 Å². The minimum Gasteiger partial charge on any atom is -0.492 e. The number of piperidine rings is 1. The maximum Gasteiger partial charge on any atom is 0.119 e. The van der Waals surface area contributed by atoms with Crippen molar-refractivity contribution in [3.05, 3.63) is 53.5 Å². The number of hydrogen-bond donors (Lipinski definition) is 1. The molecule has 2 aromatic rings. The van der Waals surface area contributed by atoms with Gasteiger partial charge in [0.1, 0.15) is 18.1 Å². The minimum atomic E-state index is 0.598. The Hall–Kier alpha value is -1.78. The molecule has 1 fully saturated rings. The van der Waals surface area contributed by atoms with Crippen molar-refractivity contribution >= 4 is 0 Å². The van der Waals surface area contributed by atoms with Crippen molar-refractivity contribution in [3.8, 4) is 5.75 Å². The third-order valence-electron chi connectivity index (χ3n) is 4.83. The minimum absolute atomic E-state index is 0.598. The highest BCUT2D eigenvalue weighted by Gasteiger charge is 2.19. The first-order valence-corrected chi connectivity index (χ1v) is 8.89. The highest BCUT2D eigenvalue weighted by Crippen LogP contribution is 2.16. The molecule has 0 saturated carbocycles. The molecular formula is C20H28N2O2. The molecule has 1 aromatic heterocycles. The molecule has 0 amide bonds. The average Bonchev–Trinajstić information content (AvgIpc) is 3.09. The number of nitrogens with zero attached hydrogens (tertiary/aromatic N) is 1. The quantitative estimate of drug-likeness (QED) is 0.789. The second-order valence-electron chi connectivity index (χ2n) is 6.68. The zero-order chi connectivity index (χ0) is 16.8. The van der Waals surface area contributed by atoms with E-state index in [1.54, 1.807) is 6.26 Å². The Balaban J connectivity index is 1.31. The lowest BCUT2D eigenvalue weighted by atomic mass is 10.1. The molecule has 0 radical (unpaired) electrons. The van der Waals surface area contributed by atoms with Crippen LogP contribution in [0.15, 0.2) is 41.0 Å². The molecule has 1 saturated heterocycles. The summed E-state index contributed by atoms with van der Waals surface area (Å²) in [5.41, 5.74) is 2.59. The van der Waals surface area contributed by atoms with E-state index < -0.39 is 0 Å². The number of furan rings is 1. The van der Waals surface area contributed by atoms with Crippen LogP contribution < -0.4 is 10.1 Å². The summed E-state index contributed by atoms with van der Waals surface area (Å²) in [6.45, 7) is 9.03. The van der Waals surface area contributed by atoms with Crippen molar-refractivity contribution in [2.45, 2.75) is 39.3 Å². The number of hydrogen-bond acceptors (Lipinski definition) is 4. The molecule has 0 aliphatic carbocycles. The molecular weight excluding hydrogens is 300 g/mol. The van der Waals surface area contributed by atoms with Crippen molar-refractivity contribution in [1.82, 2.24) is 10.2 Å². The van der Waals surface area contributed by atoms with E-state index in [1.807, 2.05) is 6.07 Å². The fraction of sp³-hybridized carbons (Fsp3) is 0.500. The van der Waals surface area contributed by atoms with Crippen molar-refractivity contribution in [3.63, 3.8) is 0 Å². The molecule has 1 aliphatic heterocycles. The van der Waals surface area contributed by atoms with E-state index in [0.717, 1.165) is 44.3 Å². The largest absolute Gasteiger partial charge is 0.492 e. The van der Waals surface area contributed by atoms with Crippen LogP contribution in [0.5, 0.6) is 5.75 Å². The molecule has 4 heteroatoms. The molecule has 3 rings (SSSR count). The number of benzene rings is 1. The van der Waals surface area contributed by atoms with E-state index in [9.17, 15) is 0 Å². The lowest BCUT2D eigenvalue weighted by molar-refractivity contribution is 0.175. The first-order valence-electron chi connectivity index (χ1n) is 8.89. The number of ether oxygens (including phenoxy) is 1. The summed E-state index contributed by atoms with van der Waals surface area (Å²) < 4.78 is 11.3. The van der Waals surface area contributed by atoms with E-state index >= 15 is 0 Å². The van der Waals surface area contributed by atoms with Crippen molar-refractivity contribution in [2.24, 2.45) is 0 Å². The molecule has 24 heavy (non-hydrogen) atoms. The van der Waals surface area contributed by atoms with Crippen LogP contribution >= 0.6 is 0 Å². The van der Waals surface area contributed by atoms with E-state index in [1.165, 1.54) is 24.0 Å². The molecule has 0 spiro atoms. The van der Waals surface area contributed by atoms with Gasteiger partial charge in [0.05, 0.1) is 12.8 Å². The number of nitrogens with one attached hydrogen (secondary N) is 1. The fourth-order valence-corrected chi connectivity index (χ4v) is 3.15. The van der Waals surface area contributed by atoms with Gasteiger partial charge in [-0.3, -0.25) is 4.90 Å². The van der Waals surface area contributed by atoms with Gasteiger partial charge in [-0.05, 0) is 62.1 Å². The summed E-state index contributed by atoms with van der Waals surface area (Å²) in [5.74, 6) is 2.02. The van der Waals surface area contributed by atoms with Gasteiger partial charge in [0.2, 0.25) is 0 Å². The van der Waals surface area contributed by atoms with Gasteiger partial charge in [0.25, 0.3) is 0 Å². The number of aryl methyl sites for hydroxylation is 2. The van der Waals surface area contributed by atoms with Gasteiger partial charge in [-0.2, -0.15) is 0 Å². The van der Waals surface area contributed by atoms with Crippen molar-refractivity contribution in [2.75, 3.05) is 26.2 Å². The Kier molecular flexibility index (Phi) is 5.94. The topological polar surface area (TPSA) is 37.6 Å². The van der Waals surface area contributed by atoms with Crippen molar-refractivity contribution < 1.29 is 9.15 Å². The first-order chi connectivity index (χ1) is 11.7. The summed E-state index contributed by atoms with van der Waals surface area (Å²) in [6.07, 6.45) is 4.12. The summed E-state index contributed by atoms with van der Waals surface area (Å²) in [5, 5.41) is 3.62. The zero-order valence-electron chi connectivity index (χ0n) is 14.8. The van der Waals surface area contributed by atoms with Gasteiger partial charge in [-0.15, -0.1) is 0 Å². The molecule has 130 valence electrons. The molecule has 1 aromatic carbocycles. The van der Waals surface area contributed by atoms with Crippen LogP contribution in [0.2, 0.25) is 0 Å². The van der Waals surface area contributed by atoms with Crippen LogP contribution in [0.1, 0.15) is 29.7 Å². The SMILES string of the molecule is Cc1ccc(OCCNC2CCN(Cc3ccco3)CC2)cc1C. The maximum atomic E-state index is 5.84. The zero-order valence-corrected chi connectivity index (χ0v) is 14.8. The summed E-state index contributed by atoms with van der Waals surface area (Å²) in [4.78, 5) is 2.46. The molecule has 0 bridgehead atoms. The van der Waals surface area contributed by atoms with Crippen LogP contribution in [0, 0.1) is 13.8 Å². The van der Waals surface area contributed by atoms with Crippen molar-refractivity contribution in [1.29, 1.82) is 0 Å². The van der Waals surface area contributed by atoms with Gasteiger partial charge in [0.15, 0.2) is 0 Å². The maximum absolute atomic E-state index is 5.84. The molecule has 0 atom stereocenters. The third-order valence-corrected chi connectivity index (χ3v) is 4.83. The Morgan fingerprint density at radius 1 is 1.17 bits per heavy atom. The monoisotopic (exact) mass is 328 g/mol. The van der Waals surface area contributed by atoms with E-state index in [-0.39, 0.29) is 0 Å². The van der Waals surface area contributed by atoms with Crippen LogP contribution in [-0.4, -0.2) is 37.2 Å². The van der Waals surface area contributed by atoms with Crippen LogP contribution in [0.25, 0.3) is 0 Å². The third kappa shape index (κ3) is 4.86. The molecule has 4 nitrogen and oxygen atoms in total. The summed E-state index contributed by atoms with van der Waals surface area (Å²) >= 11 is 0. The molecule has 2 heterocycles. The Morgan fingerprint density at radius 3 is 2.71 bits per heavy atom. The summed E-state index contributed by atoms with van der Waals surface area (Å²) in [6, 6.07) is 10.9. The Labute approximate surface area is 144 Å². The predicted octanol–water partition coefficient (Wildman–Crippen LogP) is 3.53. The number of rotatable bonds is 7. The lowest BCUT2D eigenvalue weighted by Crippen LogP contribution is -2.43. The lowest BCUT2D eigenvalue weighted by Gasteiger charge is -2.31. The highest BCUT2D eigenvalue weighted by atomic mass is 16.5. The second kappa shape index (κ2) is 8.36. The van der Waals surface area contributed by atoms with Crippen LogP contribution in [-0.2, 0) is 6.54 Å². The second-order valence-corrected chi connectivity index (χ2v) is 6.68. The standard InChI is InChI=1S/C20H28N2O2/c1-16-5-6-19(14-17(16)2)24-13-9-21-18-7-10-22(11-8-18)15-20-4-3-12-23-20/h3-6,12,14,18,21H,7-11,13,15H2,1-2H3. The number of likely N-dealkylation sites (tertiary alicyclic amines) is 1. The normalized spacial score (nSPS) is 16.4. The van der Waals surface area contributed by atoms with E-state index in [2.05, 4.69) is 48.3 Å². The van der Waals surface area contributed by atoms with Gasteiger partial charge in [-0.1, -0.05) is 6.07 Å². The molecule has 1 N–H and O–H groups in total. The van der Waals surface area contributed by atoms with Crippen LogP contribution in [0.3, 0.4) is 0 Å². The summed E-state index contributed by atoms with van der Waals surface area (Å²) in [7, 11) is 0. The van der Waals surface area contributed by atoms with Crippen LogP contribution in [0.4, 0.5) is 0 Å². The average molecular weight is 328 g/mol. The molecule has 0 unspecified atom stereocenters.